The molecule has 0 saturated heterocycles. The van der Waals surface area contributed by atoms with Crippen LogP contribution in [0, 0.1) is 0 Å². The van der Waals surface area contributed by atoms with Crippen molar-refractivity contribution in [1.82, 2.24) is 46.9 Å². The van der Waals surface area contributed by atoms with Gasteiger partial charge in [-0.3, -0.25) is 42.6 Å². The van der Waals surface area contributed by atoms with Crippen molar-refractivity contribution in [3.63, 3.8) is 0 Å². The molecule has 0 aromatic carbocycles. The van der Waals surface area contributed by atoms with E-state index in [1.54, 1.807) is 0 Å². The van der Waals surface area contributed by atoms with Crippen LogP contribution in [-0.2, 0) is 35.3 Å². The number of thiol groups is 1. The third-order valence-electron chi connectivity index (χ3n) is 6.52. The van der Waals surface area contributed by atoms with Crippen LogP contribution in [0.15, 0.2) is 6.20 Å². The summed E-state index contributed by atoms with van der Waals surface area (Å²) in [5.74, 6) is -6.17. The van der Waals surface area contributed by atoms with Crippen LogP contribution in [-0.4, -0.2) is 130 Å². The summed E-state index contributed by atoms with van der Waals surface area (Å²) in [6.07, 6.45) is 3.27. The van der Waals surface area contributed by atoms with E-state index in [0.717, 1.165) is 0 Å². The molecule has 5 amide bonds. The van der Waals surface area contributed by atoms with Crippen LogP contribution in [0.4, 0.5) is 4.39 Å². The minimum absolute atomic E-state index is 0.0893. The van der Waals surface area contributed by atoms with E-state index in [0.29, 0.717) is 38.8 Å². The Bertz CT molecular complexity index is 1220. The molecule has 0 radical (unpaired) electrons. The van der Waals surface area contributed by atoms with Crippen molar-refractivity contribution >= 4 is 54.1 Å². The number of hydrogen-bond donors (Lipinski definition) is 10. The third kappa shape index (κ3) is 17.5. The lowest BCUT2D eigenvalue weighted by Gasteiger charge is -2.23. The number of carboxylic acids is 2. The molecule has 0 aliphatic rings. The second kappa shape index (κ2) is 23.9. The van der Waals surface area contributed by atoms with Crippen molar-refractivity contribution in [3.05, 3.63) is 11.9 Å². The van der Waals surface area contributed by atoms with E-state index in [9.17, 15) is 43.1 Å². The number of halogens is 1. The number of alkyl halides is 1. The number of carbonyl (C=O) groups is 7. The van der Waals surface area contributed by atoms with Crippen molar-refractivity contribution in [3.8, 4) is 0 Å². The van der Waals surface area contributed by atoms with E-state index in [4.69, 9.17) is 10.8 Å². The average Bonchev–Trinajstić information content (AvgIpc) is 3.53. The average molecular weight is 705 g/mol. The van der Waals surface area contributed by atoms with Gasteiger partial charge in [0.2, 0.25) is 23.6 Å². The lowest BCUT2D eigenvalue weighted by molar-refractivity contribution is -0.140. The van der Waals surface area contributed by atoms with Gasteiger partial charge in [0.25, 0.3) is 5.91 Å². The summed E-state index contributed by atoms with van der Waals surface area (Å²) < 4.78 is 13.7. The first-order valence-electron chi connectivity index (χ1n) is 15.3. The Kier molecular flexibility index (Phi) is 20.7. The molecule has 21 heteroatoms. The van der Waals surface area contributed by atoms with Crippen LogP contribution in [0.2, 0.25) is 0 Å². The lowest BCUT2D eigenvalue weighted by atomic mass is 10.1. The van der Waals surface area contributed by atoms with E-state index in [2.05, 4.69) is 54.8 Å². The summed E-state index contributed by atoms with van der Waals surface area (Å²) in [7, 11) is 0. The molecule has 0 unspecified atom stereocenters. The molecule has 48 heavy (non-hydrogen) atoms. The lowest BCUT2D eigenvalue weighted by Crippen LogP contribution is -2.55. The Balaban J connectivity index is 2.57. The zero-order valence-corrected chi connectivity index (χ0v) is 27.3. The van der Waals surface area contributed by atoms with Crippen molar-refractivity contribution in [2.24, 2.45) is 5.73 Å². The van der Waals surface area contributed by atoms with Gasteiger partial charge in [-0.1, -0.05) is 11.6 Å². The van der Waals surface area contributed by atoms with Crippen molar-refractivity contribution in [2.75, 3.05) is 45.2 Å². The van der Waals surface area contributed by atoms with E-state index < -0.39 is 85.8 Å². The Morgan fingerprint density at radius 3 is 2.17 bits per heavy atom. The van der Waals surface area contributed by atoms with Gasteiger partial charge in [-0.2, -0.15) is 12.6 Å². The number of nitrogens with one attached hydrogen (secondary N) is 6. The van der Waals surface area contributed by atoms with Crippen molar-refractivity contribution in [2.45, 2.75) is 69.6 Å². The Labute approximate surface area is 281 Å². The molecule has 1 rings (SSSR count). The summed E-state index contributed by atoms with van der Waals surface area (Å²) in [6.45, 7) is -0.657. The quantitative estimate of drug-likeness (QED) is 0.0339. The monoisotopic (exact) mass is 704 g/mol. The van der Waals surface area contributed by atoms with Crippen LogP contribution in [0.5, 0.6) is 0 Å². The van der Waals surface area contributed by atoms with Gasteiger partial charge in [0.15, 0.2) is 5.69 Å². The zero-order valence-electron chi connectivity index (χ0n) is 26.4. The summed E-state index contributed by atoms with van der Waals surface area (Å²) >= 11 is 3.96. The molecule has 10 N–H and O–H groups in total. The highest BCUT2D eigenvalue weighted by Gasteiger charge is 2.27. The summed E-state index contributed by atoms with van der Waals surface area (Å²) in [5, 5.41) is 40.4. The van der Waals surface area contributed by atoms with Gasteiger partial charge in [0.05, 0.1) is 31.9 Å². The maximum Gasteiger partial charge on any atom is 0.322 e. The number of carboxylic acid groups (broad SMARTS) is 2. The number of rotatable bonds is 26. The molecule has 1 aromatic rings. The van der Waals surface area contributed by atoms with Crippen molar-refractivity contribution < 1.29 is 48.2 Å². The van der Waals surface area contributed by atoms with Gasteiger partial charge in [0, 0.05) is 18.8 Å². The maximum atomic E-state index is 13.0. The number of unbranched alkanes of at least 4 members (excludes halogenated alkanes) is 2. The van der Waals surface area contributed by atoms with E-state index in [1.807, 2.05) is 0 Å². The number of aromatic nitrogens is 3. The van der Waals surface area contributed by atoms with Crippen LogP contribution in [0.3, 0.4) is 0 Å². The third-order valence-corrected chi connectivity index (χ3v) is 6.88. The molecule has 0 bridgehead atoms. The van der Waals surface area contributed by atoms with Gasteiger partial charge in [0.1, 0.15) is 18.6 Å². The minimum Gasteiger partial charge on any atom is -0.481 e. The van der Waals surface area contributed by atoms with Crippen LogP contribution in [0.25, 0.3) is 0 Å². The fourth-order valence-corrected chi connectivity index (χ4v) is 4.30. The normalized spacial score (nSPS) is 12.6. The highest BCUT2D eigenvalue weighted by Crippen LogP contribution is 2.03. The number of aryl methyl sites for hydroxylation is 1. The molecule has 0 fully saturated rings. The van der Waals surface area contributed by atoms with E-state index in [1.165, 1.54) is 10.9 Å². The highest BCUT2D eigenvalue weighted by atomic mass is 32.1. The molecule has 0 aliphatic heterocycles. The second-order valence-electron chi connectivity index (χ2n) is 10.5. The van der Waals surface area contributed by atoms with Crippen molar-refractivity contribution in [1.29, 1.82) is 0 Å². The first-order valence-corrected chi connectivity index (χ1v) is 15.9. The molecule has 0 spiro atoms. The fraction of sp³-hybridized carbons (Fsp3) is 0.667. The summed E-state index contributed by atoms with van der Waals surface area (Å²) in [6, 6.07) is -3.50. The molecule has 1 aromatic heterocycles. The number of aliphatic carboxylic acids is 2. The standard InChI is InChI=1S/C27H45FN10O9S/c28-7-5-11-38-15-19(36-37-38)25(45)31-10-3-1-2-9-30-18(12-22(40)41)27(47)35-17(6-4-8-29)24(44)32-13-21(39)34-20(16-48)26(46)33-14-23(42)43/h15,17-18,20,30,48H,1-14,16,29H2,(H,31,45)(H,32,44)(H,33,46)(H,34,39)(H,35,47)(H,40,41)(H,42,43)/t17-,18-,20-/m0/s1. The summed E-state index contributed by atoms with van der Waals surface area (Å²) in [4.78, 5) is 84.4. The second-order valence-corrected chi connectivity index (χ2v) is 10.8. The van der Waals surface area contributed by atoms with Gasteiger partial charge >= 0.3 is 11.9 Å². The first-order chi connectivity index (χ1) is 22.9. The smallest absolute Gasteiger partial charge is 0.322 e. The van der Waals surface area contributed by atoms with Gasteiger partial charge in [-0.05, 0) is 45.2 Å². The largest absolute Gasteiger partial charge is 0.481 e. The minimum atomic E-state index is -1.28. The molecule has 270 valence electrons. The number of carbonyl (C=O) groups excluding carboxylic acids is 5. The van der Waals surface area contributed by atoms with E-state index in [-0.39, 0.29) is 37.4 Å². The van der Waals surface area contributed by atoms with Crippen LogP contribution >= 0.6 is 12.6 Å². The molecular formula is C27H45FN10O9S. The van der Waals surface area contributed by atoms with Gasteiger partial charge < -0.3 is 47.8 Å². The topological polar surface area (TPSA) is 289 Å². The predicted molar refractivity (Wildman–Crippen MR) is 170 cm³/mol. The first kappa shape index (κ1) is 41.7. The molecular weight excluding hydrogens is 659 g/mol. The van der Waals surface area contributed by atoms with Crippen LogP contribution < -0.4 is 37.6 Å². The number of nitrogens with two attached hydrogens (primary N) is 1. The number of hydrogen-bond acceptors (Lipinski definition) is 12. The SMILES string of the molecule is NCCC[C@H](NC(=O)[C@H](CC(=O)O)NCCCCCNC(=O)c1cn(CCCF)nn1)C(=O)NCC(=O)N[C@@H](CS)C(=O)NCC(=O)O. The Morgan fingerprint density at radius 2 is 1.52 bits per heavy atom. The highest BCUT2D eigenvalue weighted by molar-refractivity contribution is 7.80. The van der Waals surface area contributed by atoms with Crippen LogP contribution in [0.1, 0.15) is 55.4 Å². The Hall–Kier alpha value is -4.37. The maximum absolute atomic E-state index is 13.0. The molecule has 3 atom stereocenters. The van der Waals surface area contributed by atoms with E-state index >= 15 is 0 Å². The zero-order chi connectivity index (χ0) is 35.9. The fourth-order valence-electron chi connectivity index (χ4n) is 4.04. The van der Waals surface area contributed by atoms with Gasteiger partial charge in [-0.15, -0.1) is 5.10 Å². The molecule has 0 saturated carbocycles. The van der Waals surface area contributed by atoms with Gasteiger partial charge in [-0.25, -0.2) is 0 Å². The molecule has 0 aliphatic carbocycles. The predicted octanol–water partition coefficient (Wildman–Crippen LogP) is -3.07. The summed E-state index contributed by atoms with van der Waals surface area (Å²) in [5.41, 5.74) is 5.67. The number of nitrogens with zero attached hydrogens (tertiary/aromatic N) is 3. The number of amides is 5. The molecule has 1 heterocycles. The molecule has 19 nitrogen and oxygen atoms in total. The Morgan fingerprint density at radius 1 is 0.833 bits per heavy atom.